The number of aliphatic carboxylic acids is 1. The third-order valence-electron chi connectivity index (χ3n) is 5.83. The first kappa shape index (κ1) is 22.6. The molecule has 13 heteroatoms. The molecule has 0 amide bonds. The molecule has 4 rings (SSSR count). The summed E-state index contributed by atoms with van der Waals surface area (Å²) in [7, 11) is 0. The summed E-state index contributed by atoms with van der Waals surface area (Å²) in [6.07, 6.45) is -14.1. The summed E-state index contributed by atoms with van der Waals surface area (Å²) >= 11 is 0. The molecule has 0 spiro atoms. The first-order valence-electron chi connectivity index (χ1n) is 9.12. The van der Waals surface area contributed by atoms with Gasteiger partial charge in [-0.1, -0.05) is 0 Å². The third kappa shape index (κ3) is 4.08. The van der Waals surface area contributed by atoms with E-state index in [1.165, 1.54) is 0 Å². The number of fused-ring (bicyclic) bond motifs is 1. The molecule has 2 heterocycles. The lowest BCUT2D eigenvalue weighted by molar-refractivity contribution is -0.370. The second-order valence-corrected chi connectivity index (χ2v) is 7.88. The minimum Gasteiger partial charge on any atom is -0.481 e. The number of hydrogen-bond donors (Lipinski definition) is 1. The zero-order chi connectivity index (χ0) is 22.5. The number of carboxylic acid groups (broad SMARTS) is 1. The number of carbonyl (C=O) groups excluding carboxylic acids is 2. The smallest absolute Gasteiger partial charge is 0.438 e. The van der Waals surface area contributed by atoms with Crippen molar-refractivity contribution in [3.05, 3.63) is 0 Å². The van der Waals surface area contributed by atoms with Crippen molar-refractivity contribution in [1.82, 2.24) is 0 Å². The van der Waals surface area contributed by atoms with Crippen LogP contribution in [0.2, 0.25) is 0 Å². The predicted octanol–water partition coefficient (Wildman–Crippen LogP) is 2.61. The van der Waals surface area contributed by atoms with Crippen molar-refractivity contribution in [3.63, 3.8) is 0 Å². The van der Waals surface area contributed by atoms with Gasteiger partial charge in [-0.05, 0) is 37.5 Å². The van der Waals surface area contributed by atoms with Crippen molar-refractivity contribution >= 4 is 17.9 Å². The Kier molecular flexibility index (Phi) is 5.71. The van der Waals surface area contributed by atoms with Gasteiger partial charge in [0.15, 0.2) is 0 Å². The SMILES string of the molecule is O=C(O)CC(OC(=O)COC1C2CC3CC(C2)OC(=O)C1C3)(C(F)(F)F)C(F)(F)F. The third-order valence-corrected chi connectivity index (χ3v) is 5.83. The number of halogens is 6. The molecule has 0 aromatic carbocycles. The highest BCUT2D eigenvalue weighted by Crippen LogP contribution is 2.50. The lowest BCUT2D eigenvalue weighted by Crippen LogP contribution is -2.61. The van der Waals surface area contributed by atoms with Crippen molar-refractivity contribution in [1.29, 1.82) is 0 Å². The first-order chi connectivity index (χ1) is 13.7. The highest BCUT2D eigenvalue weighted by atomic mass is 19.4. The maximum atomic E-state index is 13.2. The van der Waals surface area contributed by atoms with Crippen LogP contribution in [0.3, 0.4) is 0 Å². The van der Waals surface area contributed by atoms with Crippen molar-refractivity contribution in [2.75, 3.05) is 6.61 Å². The van der Waals surface area contributed by atoms with Crippen molar-refractivity contribution in [3.8, 4) is 0 Å². The maximum Gasteiger partial charge on any atom is 0.438 e. The van der Waals surface area contributed by atoms with Gasteiger partial charge in [0.1, 0.15) is 19.1 Å². The van der Waals surface area contributed by atoms with Crippen LogP contribution >= 0.6 is 0 Å². The van der Waals surface area contributed by atoms with Crippen LogP contribution in [0.4, 0.5) is 26.3 Å². The fraction of sp³-hybridized carbons (Fsp3) is 0.824. The van der Waals surface area contributed by atoms with Gasteiger partial charge in [0.05, 0.1) is 12.0 Å². The van der Waals surface area contributed by atoms with Crippen LogP contribution in [0.15, 0.2) is 0 Å². The van der Waals surface area contributed by atoms with E-state index in [1.54, 1.807) is 0 Å². The molecule has 7 nitrogen and oxygen atoms in total. The molecule has 2 aliphatic heterocycles. The number of carbonyl (C=O) groups is 3. The zero-order valence-electron chi connectivity index (χ0n) is 15.3. The Balaban J connectivity index is 1.73. The molecule has 0 aromatic rings. The van der Waals surface area contributed by atoms with E-state index in [4.69, 9.17) is 14.6 Å². The first-order valence-corrected chi connectivity index (χ1v) is 9.12. The molecular weight excluding hydrogens is 430 g/mol. The fourth-order valence-corrected chi connectivity index (χ4v) is 4.65. The Morgan fingerprint density at radius 1 is 1.03 bits per heavy atom. The highest BCUT2D eigenvalue weighted by molar-refractivity contribution is 5.75. The molecule has 5 unspecified atom stereocenters. The van der Waals surface area contributed by atoms with E-state index < -0.39 is 60.9 Å². The summed E-state index contributed by atoms with van der Waals surface area (Å²) < 4.78 is 93.2. The molecule has 0 radical (unpaired) electrons. The van der Waals surface area contributed by atoms with Gasteiger partial charge in [-0.25, -0.2) is 4.79 Å². The van der Waals surface area contributed by atoms with E-state index in [0.29, 0.717) is 25.7 Å². The summed E-state index contributed by atoms with van der Waals surface area (Å²) in [6.45, 7) is -1.30. The lowest BCUT2D eigenvalue weighted by atomic mass is 9.66. The van der Waals surface area contributed by atoms with E-state index in [1.807, 2.05) is 0 Å². The van der Waals surface area contributed by atoms with Gasteiger partial charge in [0.25, 0.3) is 0 Å². The van der Waals surface area contributed by atoms with Crippen LogP contribution in [0.1, 0.15) is 32.1 Å². The minimum atomic E-state index is -6.23. The number of alkyl halides is 6. The number of rotatable bonds is 6. The van der Waals surface area contributed by atoms with Gasteiger partial charge in [0.2, 0.25) is 0 Å². The summed E-state index contributed by atoms with van der Waals surface area (Å²) in [4.78, 5) is 34.7. The van der Waals surface area contributed by atoms with E-state index in [0.717, 1.165) is 0 Å². The Bertz CT molecular complexity index is 704. The maximum absolute atomic E-state index is 13.2. The molecule has 5 atom stereocenters. The molecule has 30 heavy (non-hydrogen) atoms. The number of carboxylic acids is 1. The van der Waals surface area contributed by atoms with Crippen LogP contribution in [-0.4, -0.2) is 59.8 Å². The van der Waals surface area contributed by atoms with Gasteiger partial charge in [-0.3, -0.25) is 9.59 Å². The Labute approximate surface area is 165 Å². The summed E-state index contributed by atoms with van der Waals surface area (Å²) in [5.74, 6) is -5.89. The van der Waals surface area contributed by atoms with Gasteiger partial charge >= 0.3 is 35.9 Å². The number of esters is 2. The van der Waals surface area contributed by atoms with Crippen LogP contribution in [0, 0.1) is 17.8 Å². The quantitative estimate of drug-likeness (QED) is 0.493. The van der Waals surface area contributed by atoms with E-state index in [2.05, 4.69) is 4.74 Å². The second-order valence-electron chi connectivity index (χ2n) is 7.88. The van der Waals surface area contributed by atoms with Crippen LogP contribution in [-0.2, 0) is 28.6 Å². The van der Waals surface area contributed by atoms with Crippen molar-refractivity contribution in [2.45, 2.75) is 62.3 Å². The largest absolute Gasteiger partial charge is 0.481 e. The highest BCUT2D eigenvalue weighted by Gasteiger charge is 2.75. The molecule has 4 aliphatic rings. The molecule has 2 aliphatic carbocycles. The van der Waals surface area contributed by atoms with E-state index in [-0.39, 0.29) is 17.9 Å². The van der Waals surface area contributed by atoms with E-state index >= 15 is 0 Å². The van der Waals surface area contributed by atoms with Gasteiger partial charge < -0.3 is 19.3 Å². The molecule has 4 bridgehead atoms. The normalized spacial score (nSPS) is 31.3. The Hall–Kier alpha value is -2.05. The van der Waals surface area contributed by atoms with Gasteiger partial charge in [-0.2, -0.15) is 26.3 Å². The topological polar surface area (TPSA) is 99.1 Å². The van der Waals surface area contributed by atoms with Gasteiger partial charge in [-0.15, -0.1) is 0 Å². The fourth-order valence-electron chi connectivity index (χ4n) is 4.65. The van der Waals surface area contributed by atoms with Crippen LogP contribution < -0.4 is 0 Å². The van der Waals surface area contributed by atoms with Gasteiger partial charge in [0, 0.05) is 0 Å². The number of ether oxygens (including phenoxy) is 3. The standard InChI is InChI=1S/C17H18F6O7/c18-16(19,20)15(5-11(24)25,17(21,22)23)30-12(26)6-28-13-8-1-7-2-9(4-8)29-14(27)10(13)3-7/h7-10,13H,1-6H2,(H,24,25). The summed E-state index contributed by atoms with van der Waals surface area (Å²) in [5.41, 5.74) is -5.22. The second kappa shape index (κ2) is 7.57. The van der Waals surface area contributed by atoms with Crippen LogP contribution in [0.5, 0.6) is 0 Å². The Morgan fingerprint density at radius 2 is 1.67 bits per heavy atom. The van der Waals surface area contributed by atoms with Crippen molar-refractivity contribution < 1.29 is 60.0 Å². The lowest BCUT2D eigenvalue weighted by Gasteiger charge is -2.41. The zero-order valence-corrected chi connectivity index (χ0v) is 15.3. The minimum absolute atomic E-state index is 0.190. The van der Waals surface area contributed by atoms with E-state index in [9.17, 15) is 40.7 Å². The molecule has 1 N–H and O–H groups in total. The molecule has 2 saturated carbocycles. The molecular formula is C17H18F6O7. The number of hydrogen-bond acceptors (Lipinski definition) is 6. The Morgan fingerprint density at radius 3 is 2.23 bits per heavy atom. The van der Waals surface area contributed by atoms with Crippen molar-refractivity contribution in [2.24, 2.45) is 17.8 Å². The average molecular weight is 448 g/mol. The molecule has 170 valence electrons. The monoisotopic (exact) mass is 448 g/mol. The van der Waals surface area contributed by atoms with Crippen LogP contribution in [0.25, 0.3) is 0 Å². The molecule has 2 saturated heterocycles. The average Bonchev–Trinajstić information content (AvgIpc) is 2.72. The predicted molar refractivity (Wildman–Crippen MR) is 81.7 cm³/mol. The molecule has 0 aromatic heterocycles. The summed E-state index contributed by atoms with van der Waals surface area (Å²) in [5, 5.41) is 8.55. The molecule has 4 fully saturated rings. The summed E-state index contributed by atoms with van der Waals surface area (Å²) in [6, 6.07) is 0.